The summed E-state index contributed by atoms with van der Waals surface area (Å²) >= 11 is 0. The number of alkyl halides is 2. The minimum Gasteiger partial charge on any atom is -0.390 e. The van der Waals surface area contributed by atoms with E-state index < -0.39 is 19.1 Å². The number of anilines is 2. The Morgan fingerprint density at radius 3 is 2.56 bits per heavy atom. The molecular formula is C9H14F2N4O. The number of nitrogens with one attached hydrogen (secondary N) is 2. The van der Waals surface area contributed by atoms with Crippen molar-refractivity contribution in [1.29, 1.82) is 0 Å². The van der Waals surface area contributed by atoms with E-state index in [1.807, 2.05) is 0 Å². The average molecular weight is 232 g/mol. The molecular weight excluding hydrogens is 218 g/mol. The third-order valence-corrected chi connectivity index (χ3v) is 1.85. The Morgan fingerprint density at radius 2 is 2.00 bits per heavy atom. The zero-order valence-corrected chi connectivity index (χ0v) is 9.09. The third-order valence-electron chi connectivity index (χ3n) is 1.85. The summed E-state index contributed by atoms with van der Waals surface area (Å²) in [6.07, 6.45) is 0. The average Bonchev–Trinajstić information content (AvgIpc) is 2.26. The normalized spacial score (nSPS) is 11.3. The summed E-state index contributed by atoms with van der Waals surface area (Å²) < 4.78 is 25.5. The second-order valence-electron chi connectivity index (χ2n) is 3.30. The lowest BCUT2D eigenvalue weighted by atomic mass is 10.3. The van der Waals surface area contributed by atoms with Crippen LogP contribution in [0.4, 0.5) is 20.4 Å². The number of aliphatic hydroxyl groups excluding tert-OH is 1. The second-order valence-corrected chi connectivity index (χ2v) is 3.30. The molecule has 5 nitrogen and oxygen atoms in total. The minimum absolute atomic E-state index is 0.296. The standard InChI is InChI=1S/C9H14F2N4O/c1-6-14-7(12-2)3-8(15-6)13-4-9(10,11)5-16/h3,16H,4-5H2,1-2H3,(H2,12,13,14,15). The van der Waals surface area contributed by atoms with Crippen LogP contribution in [-0.4, -0.2) is 41.2 Å². The summed E-state index contributed by atoms with van der Waals surface area (Å²) in [6.45, 7) is -0.192. The van der Waals surface area contributed by atoms with Crippen LogP contribution >= 0.6 is 0 Å². The van der Waals surface area contributed by atoms with Crippen LogP contribution in [0.1, 0.15) is 5.82 Å². The lowest BCUT2D eigenvalue weighted by Crippen LogP contribution is -2.31. The Balaban J connectivity index is 2.70. The fraction of sp³-hybridized carbons (Fsp3) is 0.556. The van der Waals surface area contributed by atoms with Crippen LogP contribution in [0.3, 0.4) is 0 Å². The molecule has 0 aliphatic carbocycles. The molecule has 0 aliphatic rings. The van der Waals surface area contributed by atoms with Crippen molar-refractivity contribution in [3.63, 3.8) is 0 Å². The molecule has 1 rings (SSSR count). The van der Waals surface area contributed by atoms with Crippen LogP contribution in [0.25, 0.3) is 0 Å². The highest BCUT2D eigenvalue weighted by Gasteiger charge is 2.27. The van der Waals surface area contributed by atoms with E-state index in [1.54, 1.807) is 14.0 Å². The van der Waals surface area contributed by atoms with Gasteiger partial charge < -0.3 is 15.7 Å². The number of aromatic nitrogens is 2. The first kappa shape index (κ1) is 12.6. The van der Waals surface area contributed by atoms with Gasteiger partial charge in [0.15, 0.2) is 0 Å². The predicted molar refractivity (Wildman–Crippen MR) is 56.8 cm³/mol. The maximum absolute atomic E-state index is 12.7. The lowest BCUT2D eigenvalue weighted by molar-refractivity contribution is -0.0373. The number of hydrogen-bond acceptors (Lipinski definition) is 5. The Labute approximate surface area is 91.9 Å². The van der Waals surface area contributed by atoms with E-state index >= 15 is 0 Å². The van der Waals surface area contributed by atoms with Gasteiger partial charge in [0.1, 0.15) is 24.1 Å². The highest BCUT2D eigenvalue weighted by Crippen LogP contribution is 2.15. The molecule has 1 aromatic heterocycles. The number of halogens is 2. The largest absolute Gasteiger partial charge is 0.390 e. The summed E-state index contributed by atoms with van der Waals surface area (Å²) in [5.74, 6) is -1.84. The molecule has 1 heterocycles. The number of hydrogen-bond donors (Lipinski definition) is 3. The van der Waals surface area contributed by atoms with Gasteiger partial charge in [-0.3, -0.25) is 0 Å². The van der Waals surface area contributed by atoms with E-state index in [2.05, 4.69) is 20.6 Å². The van der Waals surface area contributed by atoms with Crippen LogP contribution < -0.4 is 10.6 Å². The van der Waals surface area contributed by atoms with Gasteiger partial charge >= 0.3 is 0 Å². The van der Waals surface area contributed by atoms with Crippen molar-refractivity contribution in [2.75, 3.05) is 30.8 Å². The van der Waals surface area contributed by atoms with Gasteiger partial charge in [0.2, 0.25) is 0 Å². The van der Waals surface area contributed by atoms with Crippen molar-refractivity contribution in [3.8, 4) is 0 Å². The van der Waals surface area contributed by atoms with Gasteiger partial charge in [-0.25, -0.2) is 18.7 Å². The number of aliphatic hydroxyl groups is 1. The van der Waals surface area contributed by atoms with Gasteiger partial charge in [0.25, 0.3) is 5.92 Å². The molecule has 0 atom stereocenters. The molecule has 0 bridgehead atoms. The highest BCUT2D eigenvalue weighted by molar-refractivity contribution is 5.47. The first-order valence-corrected chi connectivity index (χ1v) is 4.73. The van der Waals surface area contributed by atoms with Gasteiger partial charge in [0.05, 0.1) is 6.54 Å². The smallest absolute Gasteiger partial charge is 0.287 e. The molecule has 7 heteroatoms. The van der Waals surface area contributed by atoms with Crippen LogP contribution in [0, 0.1) is 6.92 Å². The van der Waals surface area contributed by atoms with Gasteiger partial charge in [-0.15, -0.1) is 0 Å². The molecule has 1 aromatic rings. The van der Waals surface area contributed by atoms with Crippen LogP contribution in [0.2, 0.25) is 0 Å². The molecule has 0 spiro atoms. The van der Waals surface area contributed by atoms with Crippen molar-refractivity contribution < 1.29 is 13.9 Å². The van der Waals surface area contributed by atoms with E-state index in [0.29, 0.717) is 17.5 Å². The van der Waals surface area contributed by atoms with Gasteiger partial charge in [-0.05, 0) is 6.92 Å². The fourth-order valence-corrected chi connectivity index (χ4v) is 1.06. The molecule has 0 saturated heterocycles. The van der Waals surface area contributed by atoms with Crippen molar-refractivity contribution in [3.05, 3.63) is 11.9 Å². The molecule has 0 fully saturated rings. The van der Waals surface area contributed by atoms with Crippen LogP contribution in [-0.2, 0) is 0 Å². The zero-order valence-electron chi connectivity index (χ0n) is 9.09. The quantitative estimate of drug-likeness (QED) is 0.702. The highest BCUT2D eigenvalue weighted by atomic mass is 19.3. The van der Waals surface area contributed by atoms with E-state index in [4.69, 9.17) is 5.11 Å². The molecule has 0 aromatic carbocycles. The van der Waals surface area contributed by atoms with Crippen LogP contribution in [0.15, 0.2) is 6.07 Å². The SMILES string of the molecule is CNc1cc(NCC(F)(F)CO)nc(C)n1. The maximum atomic E-state index is 12.7. The maximum Gasteiger partial charge on any atom is 0.287 e. The van der Waals surface area contributed by atoms with Gasteiger partial charge in [-0.1, -0.05) is 0 Å². The molecule has 0 unspecified atom stereocenters. The molecule has 0 amide bonds. The number of aryl methyl sites for hydroxylation is 1. The zero-order chi connectivity index (χ0) is 12.2. The Hall–Kier alpha value is -1.50. The van der Waals surface area contributed by atoms with Gasteiger partial charge in [-0.2, -0.15) is 0 Å². The monoisotopic (exact) mass is 232 g/mol. The van der Waals surface area contributed by atoms with E-state index in [1.165, 1.54) is 6.07 Å². The first-order chi connectivity index (χ1) is 7.46. The predicted octanol–water partition coefficient (Wildman–Crippen LogP) is 0.866. The molecule has 16 heavy (non-hydrogen) atoms. The van der Waals surface area contributed by atoms with E-state index in [9.17, 15) is 8.78 Å². The summed E-state index contributed by atoms with van der Waals surface area (Å²) in [5.41, 5.74) is 0. The Bertz CT molecular complexity index is 359. The van der Waals surface area contributed by atoms with Crippen molar-refractivity contribution in [2.24, 2.45) is 0 Å². The number of nitrogens with zero attached hydrogens (tertiary/aromatic N) is 2. The summed E-state index contributed by atoms with van der Waals surface area (Å²) in [5, 5.41) is 13.6. The van der Waals surface area contributed by atoms with E-state index in [0.717, 1.165) is 0 Å². The van der Waals surface area contributed by atoms with Crippen LogP contribution in [0.5, 0.6) is 0 Å². The molecule has 90 valence electrons. The first-order valence-electron chi connectivity index (χ1n) is 4.73. The second kappa shape index (κ2) is 5.02. The van der Waals surface area contributed by atoms with Gasteiger partial charge in [0, 0.05) is 13.1 Å². The summed E-state index contributed by atoms with van der Waals surface area (Å²) in [4.78, 5) is 7.96. The Morgan fingerprint density at radius 1 is 1.38 bits per heavy atom. The summed E-state index contributed by atoms with van der Waals surface area (Å²) in [6, 6.07) is 1.51. The molecule has 0 radical (unpaired) electrons. The Kier molecular flexibility index (Phi) is 3.94. The minimum atomic E-state index is -3.15. The summed E-state index contributed by atoms with van der Waals surface area (Å²) in [7, 11) is 1.67. The lowest BCUT2D eigenvalue weighted by Gasteiger charge is -2.14. The van der Waals surface area contributed by atoms with Crippen molar-refractivity contribution in [2.45, 2.75) is 12.8 Å². The molecule has 3 N–H and O–H groups in total. The van der Waals surface area contributed by atoms with E-state index in [-0.39, 0.29) is 0 Å². The fourth-order valence-electron chi connectivity index (χ4n) is 1.06. The van der Waals surface area contributed by atoms with Crippen molar-refractivity contribution >= 4 is 11.6 Å². The topological polar surface area (TPSA) is 70.1 Å². The molecule has 0 saturated carbocycles. The number of rotatable bonds is 5. The van der Waals surface area contributed by atoms with Crippen molar-refractivity contribution in [1.82, 2.24) is 9.97 Å². The molecule has 0 aliphatic heterocycles. The third kappa shape index (κ3) is 3.58.